The zero-order valence-electron chi connectivity index (χ0n) is 10.1. The Morgan fingerprint density at radius 3 is 2.89 bits per heavy atom. The molecule has 1 aromatic rings. The van der Waals surface area contributed by atoms with Gasteiger partial charge in [-0.2, -0.15) is 0 Å². The van der Waals surface area contributed by atoms with Gasteiger partial charge in [0.15, 0.2) is 0 Å². The molecule has 1 aromatic carbocycles. The fourth-order valence-electron chi connectivity index (χ4n) is 1.99. The third-order valence-electron chi connectivity index (χ3n) is 3.01. The number of nitrogens with two attached hydrogens (primary N) is 1. The maximum absolute atomic E-state index is 11.8. The molecule has 1 heterocycles. The lowest BCUT2D eigenvalue weighted by atomic mass is 10.1. The highest BCUT2D eigenvalue weighted by Crippen LogP contribution is 2.08. The minimum atomic E-state index is -0.379. The summed E-state index contributed by atoms with van der Waals surface area (Å²) in [7, 11) is 0. The molecule has 5 heteroatoms. The van der Waals surface area contributed by atoms with Gasteiger partial charge in [-0.15, -0.1) is 0 Å². The van der Waals surface area contributed by atoms with Crippen molar-refractivity contribution in [2.75, 3.05) is 0 Å². The molecule has 0 bridgehead atoms. The normalized spacial score (nSPS) is 18.5. The Kier molecular flexibility index (Phi) is 3.94. The molecule has 0 radical (unpaired) electrons. The summed E-state index contributed by atoms with van der Waals surface area (Å²) in [4.78, 5) is 22.8. The van der Waals surface area contributed by atoms with Gasteiger partial charge in [0, 0.05) is 19.5 Å². The van der Waals surface area contributed by atoms with Gasteiger partial charge in [-0.25, -0.2) is 0 Å². The summed E-state index contributed by atoms with van der Waals surface area (Å²) in [6, 6.07) is 7.39. The van der Waals surface area contributed by atoms with Crippen LogP contribution in [0.5, 0.6) is 0 Å². The predicted octanol–water partition coefficient (Wildman–Crippen LogP) is 0.0401. The average molecular weight is 247 g/mol. The molecule has 1 saturated heterocycles. The first-order valence-corrected chi connectivity index (χ1v) is 6.04. The van der Waals surface area contributed by atoms with Gasteiger partial charge in [-0.3, -0.25) is 9.59 Å². The van der Waals surface area contributed by atoms with Crippen LogP contribution >= 0.6 is 0 Å². The van der Waals surface area contributed by atoms with Crippen molar-refractivity contribution >= 4 is 11.8 Å². The third kappa shape index (κ3) is 3.07. The summed E-state index contributed by atoms with van der Waals surface area (Å²) in [5.41, 5.74) is 7.60. The number of carbonyl (C=O) groups excluding carboxylic acids is 2. The van der Waals surface area contributed by atoms with Crippen LogP contribution in [0.15, 0.2) is 24.3 Å². The Labute approximate surface area is 106 Å². The van der Waals surface area contributed by atoms with Gasteiger partial charge in [0.1, 0.15) is 6.04 Å². The molecule has 2 rings (SSSR count). The summed E-state index contributed by atoms with van der Waals surface area (Å²) >= 11 is 0. The molecule has 5 nitrogen and oxygen atoms in total. The summed E-state index contributed by atoms with van der Waals surface area (Å²) in [6.07, 6.45) is 1.01. The molecule has 1 fully saturated rings. The monoisotopic (exact) mass is 247 g/mol. The zero-order chi connectivity index (χ0) is 13.0. The quantitative estimate of drug-likeness (QED) is 0.702. The number of amides is 2. The molecule has 18 heavy (non-hydrogen) atoms. The Bertz CT molecular complexity index is 459. The largest absolute Gasteiger partial charge is 0.350 e. The van der Waals surface area contributed by atoms with Crippen LogP contribution in [0.1, 0.15) is 24.0 Å². The van der Waals surface area contributed by atoms with Crippen molar-refractivity contribution in [3.05, 3.63) is 35.4 Å². The Balaban J connectivity index is 1.87. The lowest BCUT2D eigenvalue weighted by Crippen LogP contribution is -2.41. The maximum atomic E-state index is 11.8. The van der Waals surface area contributed by atoms with Crippen molar-refractivity contribution in [1.29, 1.82) is 0 Å². The summed E-state index contributed by atoms with van der Waals surface area (Å²) in [5, 5.41) is 5.46. The topological polar surface area (TPSA) is 84.2 Å². The lowest BCUT2D eigenvalue weighted by molar-refractivity contribution is -0.125. The molecule has 1 aliphatic rings. The van der Waals surface area contributed by atoms with Crippen molar-refractivity contribution < 1.29 is 9.59 Å². The maximum Gasteiger partial charge on any atom is 0.242 e. The van der Waals surface area contributed by atoms with Crippen LogP contribution in [0.2, 0.25) is 0 Å². The van der Waals surface area contributed by atoms with Crippen molar-refractivity contribution in [3.63, 3.8) is 0 Å². The van der Waals surface area contributed by atoms with Gasteiger partial charge in [0.25, 0.3) is 0 Å². The highest BCUT2D eigenvalue weighted by molar-refractivity contribution is 5.90. The van der Waals surface area contributed by atoms with Crippen molar-refractivity contribution in [3.8, 4) is 0 Å². The van der Waals surface area contributed by atoms with E-state index in [1.54, 1.807) is 0 Å². The minimum absolute atomic E-state index is 0.0553. The standard InChI is InChI=1S/C13H17N3O2/c14-7-9-2-1-3-10(6-9)8-15-13(18)11-4-5-12(17)16-11/h1-3,6,11H,4-5,7-8,14H2,(H,15,18)(H,16,17). The average Bonchev–Trinajstić information content (AvgIpc) is 2.83. The van der Waals surface area contributed by atoms with Crippen LogP contribution in [0.25, 0.3) is 0 Å². The molecule has 2 amide bonds. The van der Waals surface area contributed by atoms with Crippen LogP contribution in [0.4, 0.5) is 0 Å². The first-order valence-electron chi connectivity index (χ1n) is 6.04. The highest BCUT2D eigenvalue weighted by Gasteiger charge is 2.26. The molecule has 1 atom stereocenters. The molecule has 0 aliphatic carbocycles. The highest BCUT2D eigenvalue weighted by atomic mass is 16.2. The molecule has 1 aliphatic heterocycles. The second kappa shape index (κ2) is 5.64. The molecule has 96 valence electrons. The van der Waals surface area contributed by atoms with Crippen molar-refractivity contribution in [2.24, 2.45) is 5.73 Å². The molecule has 1 unspecified atom stereocenters. The molecule has 0 saturated carbocycles. The van der Waals surface area contributed by atoms with Gasteiger partial charge < -0.3 is 16.4 Å². The van der Waals surface area contributed by atoms with E-state index in [4.69, 9.17) is 5.73 Å². The van der Waals surface area contributed by atoms with E-state index < -0.39 is 0 Å². The van der Waals surface area contributed by atoms with Gasteiger partial charge in [-0.1, -0.05) is 24.3 Å². The fraction of sp³-hybridized carbons (Fsp3) is 0.385. The Morgan fingerprint density at radius 2 is 2.22 bits per heavy atom. The van der Waals surface area contributed by atoms with Gasteiger partial charge in [0.05, 0.1) is 0 Å². The number of rotatable bonds is 4. The number of hydrogen-bond donors (Lipinski definition) is 3. The van der Waals surface area contributed by atoms with Crippen molar-refractivity contribution in [2.45, 2.75) is 32.0 Å². The SMILES string of the molecule is NCc1cccc(CNC(=O)C2CCC(=O)N2)c1. The second-order valence-corrected chi connectivity index (χ2v) is 4.40. The Morgan fingerprint density at radius 1 is 1.44 bits per heavy atom. The third-order valence-corrected chi connectivity index (χ3v) is 3.01. The van der Waals surface area contributed by atoms with E-state index in [1.165, 1.54) is 0 Å². The van der Waals surface area contributed by atoms with Crippen LogP contribution in [-0.4, -0.2) is 17.9 Å². The lowest BCUT2D eigenvalue weighted by Gasteiger charge is -2.11. The molecule has 4 N–H and O–H groups in total. The summed E-state index contributed by atoms with van der Waals surface area (Å²) < 4.78 is 0. The van der Waals surface area contributed by atoms with E-state index in [0.29, 0.717) is 25.9 Å². The second-order valence-electron chi connectivity index (χ2n) is 4.40. The van der Waals surface area contributed by atoms with Crippen LogP contribution in [0.3, 0.4) is 0 Å². The minimum Gasteiger partial charge on any atom is -0.350 e. The first kappa shape index (κ1) is 12.6. The van der Waals surface area contributed by atoms with E-state index >= 15 is 0 Å². The van der Waals surface area contributed by atoms with E-state index in [-0.39, 0.29) is 17.9 Å². The van der Waals surface area contributed by atoms with E-state index in [2.05, 4.69) is 10.6 Å². The fourth-order valence-corrected chi connectivity index (χ4v) is 1.99. The molecule has 0 aromatic heterocycles. The number of benzene rings is 1. The first-order chi connectivity index (χ1) is 8.69. The zero-order valence-corrected chi connectivity index (χ0v) is 10.1. The van der Waals surface area contributed by atoms with E-state index in [0.717, 1.165) is 11.1 Å². The van der Waals surface area contributed by atoms with Crippen LogP contribution in [0, 0.1) is 0 Å². The van der Waals surface area contributed by atoms with Crippen LogP contribution in [-0.2, 0) is 22.7 Å². The predicted molar refractivity (Wildman–Crippen MR) is 67.3 cm³/mol. The molecular weight excluding hydrogens is 230 g/mol. The number of hydrogen-bond acceptors (Lipinski definition) is 3. The van der Waals surface area contributed by atoms with Crippen molar-refractivity contribution in [1.82, 2.24) is 10.6 Å². The number of nitrogens with one attached hydrogen (secondary N) is 2. The molecular formula is C13H17N3O2. The van der Waals surface area contributed by atoms with E-state index in [9.17, 15) is 9.59 Å². The van der Waals surface area contributed by atoms with Gasteiger partial charge in [-0.05, 0) is 17.5 Å². The van der Waals surface area contributed by atoms with Crippen LogP contribution < -0.4 is 16.4 Å². The van der Waals surface area contributed by atoms with E-state index in [1.807, 2.05) is 24.3 Å². The van der Waals surface area contributed by atoms with Gasteiger partial charge >= 0.3 is 0 Å². The summed E-state index contributed by atoms with van der Waals surface area (Å²) in [6.45, 7) is 0.944. The number of carbonyl (C=O) groups is 2. The Hall–Kier alpha value is -1.88. The smallest absolute Gasteiger partial charge is 0.242 e. The molecule has 0 spiro atoms. The van der Waals surface area contributed by atoms with Gasteiger partial charge in [0.2, 0.25) is 11.8 Å². The summed E-state index contributed by atoms with van der Waals surface area (Å²) in [5.74, 6) is -0.181.